The lowest BCUT2D eigenvalue weighted by Crippen LogP contribution is -2.33. The van der Waals surface area contributed by atoms with Gasteiger partial charge in [0.25, 0.3) is 0 Å². The van der Waals surface area contributed by atoms with E-state index in [9.17, 15) is 4.79 Å². The highest BCUT2D eigenvalue weighted by atomic mass is 32.2. The summed E-state index contributed by atoms with van der Waals surface area (Å²) >= 11 is 1.44. The number of aryl methyl sites for hydroxylation is 1. The molecule has 2 heterocycles. The number of hydrogen-bond donors (Lipinski definition) is 1. The lowest BCUT2D eigenvalue weighted by atomic mass is 10.1. The summed E-state index contributed by atoms with van der Waals surface area (Å²) in [6, 6.07) is 14.2. The summed E-state index contributed by atoms with van der Waals surface area (Å²) in [5.41, 5.74) is 2.04. The molecule has 5 nitrogen and oxygen atoms in total. The Balaban J connectivity index is 1.65. The number of likely N-dealkylation sites (tertiary alicyclic amines) is 1. The van der Waals surface area contributed by atoms with Crippen molar-refractivity contribution in [1.29, 1.82) is 5.26 Å². The summed E-state index contributed by atoms with van der Waals surface area (Å²) < 4.78 is 2.13. The molecule has 0 unspecified atom stereocenters. The van der Waals surface area contributed by atoms with Crippen LogP contribution >= 0.6 is 11.8 Å². The van der Waals surface area contributed by atoms with Crippen molar-refractivity contribution in [1.82, 2.24) is 9.47 Å². The molecule has 6 heteroatoms. The first-order valence-corrected chi connectivity index (χ1v) is 9.41. The first-order valence-electron chi connectivity index (χ1n) is 8.43. The number of aromatic nitrogens is 1. The predicted octanol–water partition coefficient (Wildman–Crippen LogP) is 3.42. The molecule has 0 spiro atoms. The van der Waals surface area contributed by atoms with E-state index in [4.69, 9.17) is 5.26 Å². The van der Waals surface area contributed by atoms with Gasteiger partial charge in [0.15, 0.2) is 0 Å². The maximum absolute atomic E-state index is 12.6. The molecule has 1 atom stereocenters. The number of nitriles is 1. The van der Waals surface area contributed by atoms with Gasteiger partial charge < -0.3 is 9.88 Å². The first-order chi connectivity index (χ1) is 12.2. The van der Waals surface area contributed by atoms with Crippen LogP contribution in [0.1, 0.15) is 24.6 Å². The summed E-state index contributed by atoms with van der Waals surface area (Å²) in [5, 5.41) is 11.8. The van der Waals surface area contributed by atoms with Gasteiger partial charge in [-0.25, -0.2) is 0 Å². The van der Waals surface area contributed by atoms with Crippen LogP contribution in [-0.4, -0.2) is 34.2 Å². The third-order valence-electron chi connectivity index (χ3n) is 4.49. The van der Waals surface area contributed by atoms with Crippen LogP contribution in [0.2, 0.25) is 0 Å². The highest BCUT2D eigenvalue weighted by Gasteiger charge is 2.29. The molecule has 0 radical (unpaired) electrons. The Morgan fingerprint density at radius 1 is 1.36 bits per heavy atom. The van der Waals surface area contributed by atoms with E-state index >= 15 is 0 Å². The topological polar surface area (TPSA) is 61.1 Å². The molecule has 1 N–H and O–H groups in total. The minimum Gasteiger partial charge on any atom is -0.353 e. The van der Waals surface area contributed by atoms with E-state index in [2.05, 4.69) is 46.2 Å². The van der Waals surface area contributed by atoms with Gasteiger partial charge in [-0.2, -0.15) is 5.26 Å². The standard InChI is InChI=1S/C19H22N4OS/c1-22-11-4-7-16(22)17-8-5-12-23(17)14-19(24)21-15-6-2-3-9-18(15)25-13-10-20/h2-4,6-7,9,11,17H,5,8,12-14H2,1H3,(H,21,24)/t17-/m0/s1. The Morgan fingerprint density at radius 2 is 2.20 bits per heavy atom. The van der Waals surface area contributed by atoms with Crippen molar-refractivity contribution in [2.75, 3.05) is 24.2 Å². The lowest BCUT2D eigenvalue weighted by molar-refractivity contribution is -0.117. The zero-order chi connectivity index (χ0) is 17.6. The number of anilines is 1. The number of hydrogen-bond acceptors (Lipinski definition) is 4. The van der Waals surface area contributed by atoms with Crippen LogP contribution in [0.4, 0.5) is 5.69 Å². The summed E-state index contributed by atoms with van der Waals surface area (Å²) in [6.45, 7) is 1.32. The average molecular weight is 354 g/mol. The summed E-state index contributed by atoms with van der Waals surface area (Å²) in [5.74, 6) is 0.361. The van der Waals surface area contributed by atoms with Gasteiger partial charge in [-0.15, -0.1) is 11.8 Å². The van der Waals surface area contributed by atoms with Crippen molar-refractivity contribution in [2.24, 2.45) is 7.05 Å². The van der Waals surface area contributed by atoms with Gasteiger partial charge >= 0.3 is 0 Å². The molecule has 2 aromatic rings. The van der Waals surface area contributed by atoms with E-state index in [0.29, 0.717) is 18.3 Å². The van der Waals surface area contributed by atoms with Crippen molar-refractivity contribution in [2.45, 2.75) is 23.8 Å². The molecule has 0 aliphatic carbocycles. The van der Waals surface area contributed by atoms with Crippen LogP contribution in [0.3, 0.4) is 0 Å². The number of para-hydroxylation sites is 1. The van der Waals surface area contributed by atoms with Gasteiger partial charge in [-0.1, -0.05) is 12.1 Å². The fourth-order valence-corrected chi connectivity index (χ4v) is 4.02. The third-order valence-corrected chi connectivity index (χ3v) is 5.43. The first kappa shape index (κ1) is 17.6. The monoisotopic (exact) mass is 354 g/mol. The molecule has 130 valence electrons. The van der Waals surface area contributed by atoms with Crippen molar-refractivity contribution in [3.63, 3.8) is 0 Å². The average Bonchev–Trinajstić information content (AvgIpc) is 3.22. The zero-order valence-corrected chi connectivity index (χ0v) is 15.1. The highest BCUT2D eigenvalue weighted by Crippen LogP contribution is 2.32. The van der Waals surface area contributed by atoms with Crippen LogP contribution in [0, 0.1) is 11.3 Å². The molecule has 1 aromatic carbocycles. The maximum atomic E-state index is 12.6. The normalized spacial score (nSPS) is 17.4. The van der Waals surface area contributed by atoms with Crippen LogP contribution in [0.15, 0.2) is 47.5 Å². The Labute approximate surface area is 152 Å². The SMILES string of the molecule is Cn1cccc1[C@@H]1CCCN1CC(=O)Nc1ccccc1SCC#N. The molecule has 25 heavy (non-hydrogen) atoms. The fraction of sp³-hybridized carbons (Fsp3) is 0.368. The fourth-order valence-electron chi connectivity index (χ4n) is 3.35. The van der Waals surface area contributed by atoms with E-state index in [1.165, 1.54) is 17.5 Å². The van der Waals surface area contributed by atoms with Gasteiger partial charge in [0.1, 0.15) is 0 Å². The number of amides is 1. The highest BCUT2D eigenvalue weighted by molar-refractivity contribution is 7.99. The van der Waals surface area contributed by atoms with Gasteiger partial charge in [-0.3, -0.25) is 9.69 Å². The Morgan fingerprint density at radius 3 is 2.96 bits per heavy atom. The van der Waals surface area contributed by atoms with Crippen LogP contribution in [-0.2, 0) is 11.8 Å². The van der Waals surface area contributed by atoms with E-state index in [1.807, 2.05) is 24.3 Å². The number of nitrogens with zero attached hydrogens (tertiary/aromatic N) is 3. The number of rotatable bonds is 6. The Kier molecular flexibility index (Phi) is 5.79. The predicted molar refractivity (Wildman–Crippen MR) is 100 cm³/mol. The van der Waals surface area contributed by atoms with E-state index < -0.39 is 0 Å². The van der Waals surface area contributed by atoms with Crippen LogP contribution in [0.25, 0.3) is 0 Å². The molecule has 1 saturated heterocycles. The second-order valence-corrected chi connectivity index (χ2v) is 7.18. The van der Waals surface area contributed by atoms with Gasteiger partial charge in [0, 0.05) is 23.8 Å². The molecule has 3 rings (SSSR count). The number of thioether (sulfide) groups is 1. The van der Waals surface area contributed by atoms with Crippen LogP contribution < -0.4 is 5.32 Å². The third kappa shape index (κ3) is 4.25. The summed E-state index contributed by atoms with van der Waals surface area (Å²) in [7, 11) is 2.05. The molecule has 1 amide bonds. The minimum atomic E-state index is -0.00823. The minimum absolute atomic E-state index is 0.00823. The number of carbonyl (C=O) groups excluding carboxylic acids is 1. The summed E-state index contributed by atoms with van der Waals surface area (Å²) in [4.78, 5) is 15.7. The number of benzene rings is 1. The summed E-state index contributed by atoms with van der Waals surface area (Å²) in [6.07, 6.45) is 4.24. The second kappa shape index (κ2) is 8.24. The molecule has 1 aliphatic rings. The smallest absolute Gasteiger partial charge is 0.238 e. The number of carbonyl (C=O) groups is 1. The van der Waals surface area contributed by atoms with Crippen molar-refractivity contribution in [3.05, 3.63) is 48.3 Å². The second-order valence-electron chi connectivity index (χ2n) is 6.16. The lowest BCUT2D eigenvalue weighted by Gasteiger charge is -2.24. The van der Waals surface area contributed by atoms with Crippen molar-refractivity contribution < 1.29 is 4.79 Å². The zero-order valence-electron chi connectivity index (χ0n) is 14.3. The molecule has 1 aliphatic heterocycles. The molecule has 1 fully saturated rings. The Bertz CT molecular complexity index is 780. The van der Waals surface area contributed by atoms with E-state index in [1.54, 1.807) is 0 Å². The van der Waals surface area contributed by atoms with Gasteiger partial charge in [0.2, 0.25) is 5.91 Å². The number of nitrogens with one attached hydrogen (secondary N) is 1. The van der Waals surface area contributed by atoms with Gasteiger partial charge in [0.05, 0.1) is 30.1 Å². The molecular weight excluding hydrogens is 332 g/mol. The molecule has 0 saturated carbocycles. The molecule has 0 bridgehead atoms. The quantitative estimate of drug-likeness (QED) is 0.808. The molecule has 1 aromatic heterocycles. The Hall–Kier alpha value is -2.23. The van der Waals surface area contributed by atoms with Gasteiger partial charge in [-0.05, 0) is 43.7 Å². The maximum Gasteiger partial charge on any atom is 0.238 e. The van der Waals surface area contributed by atoms with Crippen LogP contribution in [0.5, 0.6) is 0 Å². The van der Waals surface area contributed by atoms with E-state index in [-0.39, 0.29) is 5.91 Å². The van der Waals surface area contributed by atoms with Crippen molar-refractivity contribution in [3.8, 4) is 6.07 Å². The van der Waals surface area contributed by atoms with Crippen molar-refractivity contribution >= 4 is 23.4 Å². The van der Waals surface area contributed by atoms with E-state index in [0.717, 1.165) is 30.0 Å². The largest absolute Gasteiger partial charge is 0.353 e. The molecular formula is C19H22N4OS.